The number of ether oxygens (including phenoxy) is 1. The maximum Gasteiger partial charge on any atom is 0.213 e. The Bertz CT molecular complexity index is 676. The van der Waals surface area contributed by atoms with Gasteiger partial charge in [0.05, 0.1) is 19.3 Å². The minimum atomic E-state index is -0.179. The standard InChI is InChI=1S/C18H23FN4O/c1-3-20-18(21-12-11-14-7-4-5-9-16(14)19)22-13-15-8-6-10-17(23-15)24-2/h4-10H,3,11-13H2,1-2H3,(H2,20,21,22). The first kappa shape index (κ1) is 17.7. The number of methoxy groups -OCH3 is 1. The Morgan fingerprint density at radius 3 is 2.75 bits per heavy atom. The number of hydrogen-bond donors (Lipinski definition) is 2. The molecule has 5 nitrogen and oxygen atoms in total. The number of aromatic nitrogens is 1. The molecule has 0 amide bonds. The largest absolute Gasteiger partial charge is 0.481 e. The van der Waals surface area contributed by atoms with E-state index in [1.807, 2.05) is 25.1 Å². The number of guanidine groups is 1. The lowest BCUT2D eigenvalue weighted by atomic mass is 10.1. The molecule has 0 unspecified atom stereocenters. The van der Waals surface area contributed by atoms with E-state index >= 15 is 0 Å². The van der Waals surface area contributed by atoms with Crippen LogP contribution in [0.1, 0.15) is 18.2 Å². The van der Waals surface area contributed by atoms with Gasteiger partial charge in [0.15, 0.2) is 5.96 Å². The summed E-state index contributed by atoms with van der Waals surface area (Å²) in [5, 5.41) is 6.38. The number of nitrogens with one attached hydrogen (secondary N) is 2. The molecule has 0 aliphatic carbocycles. The van der Waals surface area contributed by atoms with Crippen LogP contribution in [-0.2, 0) is 13.0 Å². The van der Waals surface area contributed by atoms with Gasteiger partial charge >= 0.3 is 0 Å². The average Bonchev–Trinajstić information content (AvgIpc) is 2.61. The number of hydrogen-bond acceptors (Lipinski definition) is 3. The quantitative estimate of drug-likeness (QED) is 0.605. The first-order valence-corrected chi connectivity index (χ1v) is 7.98. The summed E-state index contributed by atoms with van der Waals surface area (Å²) in [6.45, 7) is 3.78. The van der Waals surface area contributed by atoms with Crippen molar-refractivity contribution in [3.63, 3.8) is 0 Å². The van der Waals surface area contributed by atoms with Crippen LogP contribution < -0.4 is 15.4 Å². The van der Waals surface area contributed by atoms with Gasteiger partial charge < -0.3 is 15.4 Å². The Kier molecular flexibility index (Phi) is 7.01. The summed E-state index contributed by atoms with van der Waals surface area (Å²) in [5.41, 5.74) is 1.51. The molecule has 1 aromatic heterocycles. The van der Waals surface area contributed by atoms with Gasteiger partial charge in [-0.05, 0) is 31.0 Å². The van der Waals surface area contributed by atoms with E-state index in [1.54, 1.807) is 25.3 Å². The highest BCUT2D eigenvalue weighted by molar-refractivity contribution is 5.79. The Morgan fingerprint density at radius 2 is 2.00 bits per heavy atom. The van der Waals surface area contributed by atoms with Gasteiger partial charge in [0.25, 0.3) is 0 Å². The van der Waals surface area contributed by atoms with Gasteiger partial charge in [0.2, 0.25) is 5.88 Å². The molecule has 0 aliphatic rings. The first-order chi connectivity index (χ1) is 11.7. The minimum Gasteiger partial charge on any atom is -0.481 e. The number of pyridine rings is 1. The average molecular weight is 330 g/mol. The molecule has 128 valence electrons. The fraction of sp³-hybridized carbons (Fsp3) is 0.333. The van der Waals surface area contributed by atoms with E-state index in [-0.39, 0.29) is 5.82 Å². The topological polar surface area (TPSA) is 58.5 Å². The molecule has 0 saturated carbocycles. The number of halogens is 1. The van der Waals surface area contributed by atoms with Crippen molar-refractivity contribution in [1.82, 2.24) is 15.6 Å². The molecule has 24 heavy (non-hydrogen) atoms. The van der Waals surface area contributed by atoms with Crippen molar-refractivity contribution >= 4 is 5.96 Å². The SMILES string of the molecule is CCNC(=NCc1cccc(OC)n1)NCCc1ccccc1F. The maximum absolute atomic E-state index is 13.6. The fourth-order valence-electron chi connectivity index (χ4n) is 2.18. The number of nitrogens with zero attached hydrogens (tertiary/aromatic N) is 2. The van der Waals surface area contributed by atoms with Gasteiger partial charge in [0, 0.05) is 19.2 Å². The molecule has 2 N–H and O–H groups in total. The summed E-state index contributed by atoms with van der Waals surface area (Å²) in [7, 11) is 1.59. The molecule has 2 aromatic rings. The molecule has 0 saturated heterocycles. The lowest BCUT2D eigenvalue weighted by molar-refractivity contribution is 0.396. The first-order valence-electron chi connectivity index (χ1n) is 7.98. The number of rotatable bonds is 7. The van der Waals surface area contributed by atoms with Crippen molar-refractivity contribution in [2.75, 3.05) is 20.2 Å². The van der Waals surface area contributed by atoms with Crippen LogP contribution in [0.25, 0.3) is 0 Å². The van der Waals surface area contributed by atoms with Crippen molar-refractivity contribution in [2.24, 2.45) is 4.99 Å². The zero-order chi connectivity index (χ0) is 17.2. The van der Waals surface area contributed by atoms with Crippen molar-refractivity contribution in [3.05, 3.63) is 59.5 Å². The fourth-order valence-corrected chi connectivity index (χ4v) is 2.18. The summed E-state index contributed by atoms with van der Waals surface area (Å²) >= 11 is 0. The summed E-state index contributed by atoms with van der Waals surface area (Å²) in [5.74, 6) is 1.07. The Morgan fingerprint density at radius 1 is 1.17 bits per heavy atom. The van der Waals surface area contributed by atoms with Crippen molar-refractivity contribution in [1.29, 1.82) is 0 Å². The van der Waals surface area contributed by atoms with Crippen LogP contribution in [0.2, 0.25) is 0 Å². The summed E-state index contributed by atoms with van der Waals surface area (Å²) in [6.07, 6.45) is 0.592. The van der Waals surface area contributed by atoms with Crippen molar-refractivity contribution in [2.45, 2.75) is 19.9 Å². The molecule has 2 rings (SSSR count). The maximum atomic E-state index is 13.6. The summed E-state index contributed by atoms with van der Waals surface area (Å²) in [6, 6.07) is 12.4. The lowest BCUT2D eigenvalue weighted by Gasteiger charge is -2.11. The van der Waals surface area contributed by atoms with Gasteiger partial charge in [-0.25, -0.2) is 14.4 Å². The van der Waals surface area contributed by atoms with E-state index in [2.05, 4.69) is 20.6 Å². The highest BCUT2D eigenvalue weighted by atomic mass is 19.1. The Balaban J connectivity index is 1.91. The molecule has 1 aromatic carbocycles. The van der Waals surface area contributed by atoms with Gasteiger partial charge in [-0.2, -0.15) is 0 Å². The molecule has 0 radical (unpaired) electrons. The zero-order valence-electron chi connectivity index (χ0n) is 14.1. The Labute approximate surface area is 142 Å². The van der Waals surface area contributed by atoms with Gasteiger partial charge in [-0.15, -0.1) is 0 Å². The minimum absolute atomic E-state index is 0.179. The second-order valence-corrected chi connectivity index (χ2v) is 5.13. The molecule has 0 aliphatic heterocycles. The normalized spacial score (nSPS) is 11.2. The smallest absolute Gasteiger partial charge is 0.213 e. The van der Waals surface area contributed by atoms with E-state index in [1.165, 1.54) is 6.07 Å². The predicted molar refractivity (Wildman–Crippen MR) is 93.7 cm³/mol. The second kappa shape index (κ2) is 9.50. The van der Waals surface area contributed by atoms with Crippen LogP contribution in [0, 0.1) is 5.82 Å². The van der Waals surface area contributed by atoms with E-state index in [9.17, 15) is 4.39 Å². The third kappa shape index (κ3) is 5.53. The van der Waals surface area contributed by atoms with E-state index < -0.39 is 0 Å². The molecule has 1 heterocycles. The van der Waals surface area contributed by atoms with Gasteiger partial charge in [-0.1, -0.05) is 24.3 Å². The molecule has 0 bridgehead atoms. The molecule has 0 fully saturated rings. The highest BCUT2D eigenvalue weighted by Gasteiger charge is 2.02. The second-order valence-electron chi connectivity index (χ2n) is 5.13. The molecule has 0 spiro atoms. The third-order valence-electron chi connectivity index (χ3n) is 3.38. The van der Waals surface area contributed by atoms with Crippen molar-refractivity contribution < 1.29 is 9.13 Å². The van der Waals surface area contributed by atoms with Crippen LogP contribution >= 0.6 is 0 Å². The van der Waals surface area contributed by atoms with Crippen molar-refractivity contribution in [3.8, 4) is 5.88 Å². The number of benzene rings is 1. The summed E-state index contributed by atoms with van der Waals surface area (Å²) < 4.78 is 18.7. The van der Waals surface area contributed by atoms with Gasteiger partial charge in [0.1, 0.15) is 5.82 Å². The molecular weight excluding hydrogens is 307 g/mol. The monoisotopic (exact) mass is 330 g/mol. The van der Waals surface area contributed by atoms with Crippen LogP contribution in [0.3, 0.4) is 0 Å². The molecule has 0 atom stereocenters. The van der Waals surface area contributed by atoms with E-state index in [0.29, 0.717) is 36.9 Å². The van der Waals surface area contributed by atoms with E-state index in [0.717, 1.165) is 12.2 Å². The number of aliphatic imine (C=N–C) groups is 1. The van der Waals surface area contributed by atoms with Gasteiger partial charge in [-0.3, -0.25) is 0 Å². The zero-order valence-corrected chi connectivity index (χ0v) is 14.1. The summed E-state index contributed by atoms with van der Waals surface area (Å²) in [4.78, 5) is 8.82. The predicted octanol–water partition coefficient (Wildman–Crippen LogP) is 2.53. The van der Waals surface area contributed by atoms with Crippen LogP contribution in [-0.4, -0.2) is 31.1 Å². The third-order valence-corrected chi connectivity index (χ3v) is 3.38. The molecule has 6 heteroatoms. The van der Waals surface area contributed by atoms with Crippen LogP contribution in [0.15, 0.2) is 47.5 Å². The van der Waals surface area contributed by atoms with Crippen LogP contribution in [0.4, 0.5) is 4.39 Å². The molecular formula is C18H23FN4O. The highest BCUT2D eigenvalue weighted by Crippen LogP contribution is 2.08. The Hall–Kier alpha value is -2.63. The van der Waals surface area contributed by atoms with E-state index in [4.69, 9.17) is 4.74 Å². The lowest BCUT2D eigenvalue weighted by Crippen LogP contribution is -2.38. The van der Waals surface area contributed by atoms with Crippen LogP contribution in [0.5, 0.6) is 5.88 Å².